The summed E-state index contributed by atoms with van der Waals surface area (Å²) in [5.74, 6) is 1.65. The van der Waals surface area contributed by atoms with Gasteiger partial charge in [-0.25, -0.2) is 4.79 Å². The number of halogens is 1. The van der Waals surface area contributed by atoms with Crippen LogP contribution in [-0.2, 0) is 11.3 Å². The van der Waals surface area contributed by atoms with Crippen molar-refractivity contribution in [2.45, 2.75) is 32.4 Å². The molecule has 6 heteroatoms. The number of amides is 2. The minimum atomic E-state index is -0.114. The van der Waals surface area contributed by atoms with E-state index in [2.05, 4.69) is 5.32 Å². The van der Waals surface area contributed by atoms with Gasteiger partial charge in [0.15, 0.2) is 0 Å². The summed E-state index contributed by atoms with van der Waals surface area (Å²) in [6, 6.07) is 11.1. The van der Waals surface area contributed by atoms with Crippen molar-refractivity contribution in [1.82, 2.24) is 4.90 Å². The van der Waals surface area contributed by atoms with Crippen molar-refractivity contribution in [3.63, 3.8) is 0 Å². The topological polar surface area (TPSA) is 54.7 Å². The van der Waals surface area contributed by atoms with Crippen molar-refractivity contribution >= 4 is 23.3 Å². The Kier molecular flexibility index (Phi) is 4.21. The standard InChI is InChI=1S/C19H21ClN2O3/c1-13-2-7-17(25-13)10-22(16-8-19(9-16)11-24-12-19)18(23)21-15-5-3-14(20)4-6-15/h2-7,16H,8-12H2,1H3,(H,21,23). The number of carbonyl (C=O) groups excluding carboxylic acids is 1. The van der Waals surface area contributed by atoms with E-state index in [0.29, 0.717) is 17.0 Å². The summed E-state index contributed by atoms with van der Waals surface area (Å²) >= 11 is 5.91. The monoisotopic (exact) mass is 360 g/mol. The number of urea groups is 1. The summed E-state index contributed by atoms with van der Waals surface area (Å²) in [5, 5.41) is 3.61. The van der Waals surface area contributed by atoms with Crippen LogP contribution in [0.15, 0.2) is 40.8 Å². The SMILES string of the molecule is Cc1ccc(CN(C(=O)Nc2ccc(Cl)cc2)C2CC3(COC3)C2)o1. The van der Waals surface area contributed by atoms with Gasteiger partial charge in [0.05, 0.1) is 19.8 Å². The first-order valence-corrected chi connectivity index (χ1v) is 8.87. The maximum Gasteiger partial charge on any atom is 0.322 e. The van der Waals surface area contributed by atoms with Gasteiger partial charge in [-0.2, -0.15) is 0 Å². The fraction of sp³-hybridized carbons (Fsp3) is 0.421. The average molecular weight is 361 g/mol. The molecule has 0 unspecified atom stereocenters. The van der Waals surface area contributed by atoms with Gasteiger partial charge < -0.3 is 19.4 Å². The van der Waals surface area contributed by atoms with Gasteiger partial charge in [0.25, 0.3) is 0 Å². The van der Waals surface area contributed by atoms with Gasteiger partial charge in [-0.05, 0) is 56.2 Å². The Morgan fingerprint density at radius 1 is 1.24 bits per heavy atom. The lowest BCUT2D eigenvalue weighted by molar-refractivity contribution is -0.180. The van der Waals surface area contributed by atoms with Gasteiger partial charge >= 0.3 is 6.03 Å². The number of aryl methyl sites for hydroxylation is 1. The van der Waals surface area contributed by atoms with Crippen LogP contribution in [0.3, 0.4) is 0 Å². The lowest BCUT2D eigenvalue weighted by Crippen LogP contribution is -2.60. The van der Waals surface area contributed by atoms with Crippen molar-refractivity contribution in [1.29, 1.82) is 0 Å². The van der Waals surface area contributed by atoms with E-state index < -0.39 is 0 Å². The largest absolute Gasteiger partial charge is 0.464 e. The maximum atomic E-state index is 12.9. The molecule has 0 radical (unpaired) electrons. The quantitative estimate of drug-likeness (QED) is 0.876. The molecule has 5 nitrogen and oxygen atoms in total. The fourth-order valence-corrected chi connectivity index (χ4v) is 3.75. The smallest absolute Gasteiger partial charge is 0.322 e. The number of furan rings is 1. The van der Waals surface area contributed by atoms with Crippen molar-refractivity contribution < 1.29 is 13.9 Å². The van der Waals surface area contributed by atoms with Crippen LogP contribution < -0.4 is 5.32 Å². The second-order valence-corrected chi connectivity index (χ2v) is 7.57. The van der Waals surface area contributed by atoms with Crippen LogP contribution in [0.2, 0.25) is 5.02 Å². The molecule has 1 aromatic heterocycles. The fourth-order valence-electron chi connectivity index (χ4n) is 3.62. The molecule has 1 saturated heterocycles. The lowest BCUT2D eigenvalue weighted by atomic mass is 9.63. The molecule has 1 N–H and O–H groups in total. The summed E-state index contributed by atoms with van der Waals surface area (Å²) in [6.07, 6.45) is 1.97. The van der Waals surface area contributed by atoms with Crippen LogP contribution in [0.1, 0.15) is 24.4 Å². The molecule has 2 fully saturated rings. The number of nitrogens with zero attached hydrogens (tertiary/aromatic N) is 1. The number of anilines is 1. The van der Waals surface area contributed by atoms with E-state index in [1.165, 1.54) is 0 Å². The molecule has 1 aromatic carbocycles. The zero-order chi connectivity index (χ0) is 17.4. The maximum absolute atomic E-state index is 12.9. The highest BCUT2D eigenvalue weighted by atomic mass is 35.5. The molecular formula is C19H21ClN2O3. The first kappa shape index (κ1) is 16.5. The molecule has 2 aromatic rings. The highest BCUT2D eigenvalue weighted by Crippen LogP contribution is 2.49. The average Bonchev–Trinajstić information content (AvgIpc) is 2.91. The van der Waals surface area contributed by atoms with E-state index in [1.54, 1.807) is 24.3 Å². The lowest BCUT2D eigenvalue weighted by Gasteiger charge is -2.55. The van der Waals surface area contributed by atoms with E-state index in [-0.39, 0.29) is 12.1 Å². The predicted octanol–water partition coefficient (Wildman–Crippen LogP) is 4.45. The molecule has 4 rings (SSSR count). The first-order valence-electron chi connectivity index (χ1n) is 8.49. The van der Waals surface area contributed by atoms with Crippen LogP contribution in [0.5, 0.6) is 0 Å². The van der Waals surface area contributed by atoms with Crippen LogP contribution in [0, 0.1) is 12.3 Å². The van der Waals surface area contributed by atoms with Gasteiger partial charge in [-0.15, -0.1) is 0 Å². The predicted molar refractivity (Wildman–Crippen MR) is 95.7 cm³/mol. The summed E-state index contributed by atoms with van der Waals surface area (Å²) in [5.41, 5.74) is 1.03. The molecule has 2 amide bonds. The number of rotatable bonds is 4. The van der Waals surface area contributed by atoms with E-state index in [4.69, 9.17) is 20.8 Å². The second kappa shape index (κ2) is 6.39. The molecular weight excluding hydrogens is 340 g/mol. The molecule has 1 aliphatic heterocycles. The Hall–Kier alpha value is -1.98. The third-order valence-corrected chi connectivity index (χ3v) is 5.33. The minimum absolute atomic E-state index is 0.114. The van der Waals surface area contributed by atoms with Crippen LogP contribution in [-0.4, -0.2) is 30.2 Å². The molecule has 0 atom stereocenters. The zero-order valence-corrected chi connectivity index (χ0v) is 14.9. The van der Waals surface area contributed by atoms with Gasteiger partial charge in [-0.1, -0.05) is 11.6 Å². The Labute approximate surface area is 151 Å². The van der Waals surface area contributed by atoms with Gasteiger partial charge in [0.1, 0.15) is 11.5 Å². The highest BCUT2D eigenvalue weighted by molar-refractivity contribution is 6.30. The third-order valence-electron chi connectivity index (χ3n) is 5.07. The van der Waals surface area contributed by atoms with Crippen molar-refractivity contribution in [3.05, 3.63) is 52.9 Å². The second-order valence-electron chi connectivity index (χ2n) is 7.13. The highest BCUT2D eigenvalue weighted by Gasteiger charge is 2.52. The first-order chi connectivity index (χ1) is 12.0. The van der Waals surface area contributed by atoms with Crippen molar-refractivity contribution in [2.75, 3.05) is 18.5 Å². The molecule has 2 aliphatic rings. The molecule has 2 heterocycles. The van der Waals surface area contributed by atoms with E-state index in [9.17, 15) is 4.79 Å². The summed E-state index contributed by atoms with van der Waals surface area (Å²) in [6.45, 7) is 4.01. The number of hydrogen-bond donors (Lipinski definition) is 1. The van der Waals surface area contributed by atoms with E-state index in [0.717, 1.165) is 43.3 Å². The Bertz CT molecular complexity index is 759. The number of carbonyl (C=O) groups is 1. The van der Waals surface area contributed by atoms with E-state index >= 15 is 0 Å². The Morgan fingerprint density at radius 3 is 2.52 bits per heavy atom. The number of hydrogen-bond acceptors (Lipinski definition) is 3. The van der Waals surface area contributed by atoms with Crippen LogP contribution in [0.4, 0.5) is 10.5 Å². The Balaban J connectivity index is 1.47. The third kappa shape index (κ3) is 3.39. The zero-order valence-electron chi connectivity index (χ0n) is 14.1. The number of nitrogens with one attached hydrogen (secondary N) is 1. The summed E-state index contributed by atoms with van der Waals surface area (Å²) in [4.78, 5) is 14.7. The van der Waals surface area contributed by atoms with Crippen molar-refractivity contribution in [3.8, 4) is 0 Å². The normalized spacial score (nSPS) is 18.5. The van der Waals surface area contributed by atoms with Crippen LogP contribution in [0.25, 0.3) is 0 Å². The van der Waals surface area contributed by atoms with Gasteiger partial charge in [0.2, 0.25) is 0 Å². The molecule has 25 heavy (non-hydrogen) atoms. The summed E-state index contributed by atoms with van der Waals surface area (Å²) < 4.78 is 11.0. The number of ether oxygens (including phenoxy) is 1. The molecule has 0 bridgehead atoms. The molecule has 1 aliphatic carbocycles. The molecule has 1 spiro atoms. The minimum Gasteiger partial charge on any atom is -0.464 e. The van der Waals surface area contributed by atoms with E-state index in [1.807, 2.05) is 24.0 Å². The Morgan fingerprint density at radius 2 is 1.96 bits per heavy atom. The molecule has 1 saturated carbocycles. The van der Waals surface area contributed by atoms with Crippen molar-refractivity contribution in [2.24, 2.45) is 5.41 Å². The van der Waals surface area contributed by atoms with Gasteiger partial charge in [-0.3, -0.25) is 0 Å². The van der Waals surface area contributed by atoms with Crippen LogP contribution >= 0.6 is 11.6 Å². The van der Waals surface area contributed by atoms with Gasteiger partial charge in [0, 0.05) is 22.2 Å². The molecule has 132 valence electrons. The summed E-state index contributed by atoms with van der Waals surface area (Å²) in [7, 11) is 0. The number of benzene rings is 1.